The Morgan fingerprint density at radius 1 is 1.29 bits per heavy atom. The third-order valence-corrected chi connectivity index (χ3v) is 4.93. The van der Waals surface area contributed by atoms with Gasteiger partial charge in [0.2, 0.25) is 11.2 Å². The Labute approximate surface area is 132 Å². The topological polar surface area (TPSA) is 66.9 Å². The second-order valence-electron chi connectivity index (χ2n) is 5.14. The molecule has 0 bridgehead atoms. The number of hydrogen-bond donors (Lipinski definition) is 2. The number of carbonyl (C=O) groups excluding carboxylic acids is 1. The van der Waals surface area contributed by atoms with E-state index in [9.17, 15) is 4.79 Å². The van der Waals surface area contributed by atoms with Crippen molar-refractivity contribution in [1.82, 2.24) is 15.3 Å². The van der Waals surface area contributed by atoms with Crippen molar-refractivity contribution < 1.29 is 4.79 Å². The molecule has 1 amide bonds. The number of aromatic nitrogens is 2. The fraction of sp³-hybridized carbons (Fsp3) is 0.500. The van der Waals surface area contributed by atoms with Gasteiger partial charge >= 0.3 is 0 Å². The number of thiophene rings is 1. The fourth-order valence-electron chi connectivity index (χ4n) is 2.68. The molecule has 112 valence electrons. The zero-order chi connectivity index (χ0) is 14.8. The van der Waals surface area contributed by atoms with Gasteiger partial charge in [0.05, 0.1) is 5.39 Å². The largest absolute Gasteiger partial charge is 0.368 e. The van der Waals surface area contributed by atoms with E-state index in [4.69, 9.17) is 11.6 Å². The molecule has 0 unspecified atom stereocenters. The second-order valence-corrected chi connectivity index (χ2v) is 6.56. The Balaban J connectivity index is 1.89. The minimum absolute atomic E-state index is 0.0319. The van der Waals surface area contributed by atoms with Crippen LogP contribution in [-0.2, 0) is 17.6 Å². The molecule has 21 heavy (non-hydrogen) atoms. The molecular weight excluding hydrogens is 308 g/mol. The number of anilines is 1. The van der Waals surface area contributed by atoms with Gasteiger partial charge in [-0.05, 0) is 42.8 Å². The van der Waals surface area contributed by atoms with Gasteiger partial charge < -0.3 is 10.6 Å². The molecule has 0 fully saturated rings. The van der Waals surface area contributed by atoms with Gasteiger partial charge in [0.1, 0.15) is 10.6 Å². The van der Waals surface area contributed by atoms with Crippen molar-refractivity contribution in [2.45, 2.75) is 32.6 Å². The fourth-order valence-corrected chi connectivity index (χ4v) is 4.16. The van der Waals surface area contributed by atoms with Gasteiger partial charge in [0, 0.05) is 24.9 Å². The molecule has 0 radical (unpaired) electrons. The van der Waals surface area contributed by atoms with Crippen LogP contribution in [-0.4, -0.2) is 29.0 Å². The Morgan fingerprint density at radius 2 is 2.10 bits per heavy atom. The van der Waals surface area contributed by atoms with Crippen LogP contribution in [0, 0.1) is 0 Å². The molecular formula is C14H17ClN4OS. The molecule has 7 heteroatoms. The van der Waals surface area contributed by atoms with E-state index in [0.29, 0.717) is 13.1 Å². The van der Waals surface area contributed by atoms with Gasteiger partial charge in [0.25, 0.3) is 0 Å². The molecule has 0 saturated heterocycles. The van der Waals surface area contributed by atoms with E-state index in [1.807, 2.05) is 0 Å². The summed E-state index contributed by atoms with van der Waals surface area (Å²) < 4.78 is 0. The van der Waals surface area contributed by atoms with Crippen molar-refractivity contribution in [3.8, 4) is 0 Å². The Kier molecular flexibility index (Phi) is 4.26. The molecule has 0 saturated carbocycles. The Bertz CT molecular complexity index is 685. The standard InChI is InChI=1S/C14H17ClN4OS/c1-8(20)16-6-7-17-12-11-9-4-2-3-5-10(9)21-13(11)19-14(15)18-12/h2-7H2,1H3,(H,16,20)(H,17,18,19). The molecule has 0 aliphatic heterocycles. The SMILES string of the molecule is CC(=O)NCCNc1nc(Cl)nc2sc3c(c12)CCCC3. The monoisotopic (exact) mass is 324 g/mol. The number of hydrogen-bond acceptors (Lipinski definition) is 5. The third-order valence-electron chi connectivity index (χ3n) is 3.58. The van der Waals surface area contributed by atoms with E-state index in [2.05, 4.69) is 20.6 Å². The summed E-state index contributed by atoms with van der Waals surface area (Å²) in [7, 11) is 0. The van der Waals surface area contributed by atoms with Gasteiger partial charge in [-0.25, -0.2) is 9.97 Å². The third kappa shape index (κ3) is 3.11. The second kappa shape index (κ2) is 6.15. The van der Waals surface area contributed by atoms with Gasteiger partial charge in [-0.15, -0.1) is 11.3 Å². The van der Waals surface area contributed by atoms with Crippen LogP contribution >= 0.6 is 22.9 Å². The first-order chi connectivity index (χ1) is 10.1. The number of carbonyl (C=O) groups is 1. The van der Waals surface area contributed by atoms with Crippen molar-refractivity contribution in [1.29, 1.82) is 0 Å². The molecule has 2 N–H and O–H groups in total. The van der Waals surface area contributed by atoms with Crippen molar-refractivity contribution in [3.63, 3.8) is 0 Å². The normalized spacial score (nSPS) is 14.0. The zero-order valence-corrected chi connectivity index (χ0v) is 13.4. The maximum absolute atomic E-state index is 10.9. The van der Waals surface area contributed by atoms with E-state index < -0.39 is 0 Å². The molecule has 2 aromatic rings. The first kappa shape index (κ1) is 14.5. The number of aryl methyl sites for hydroxylation is 2. The van der Waals surface area contributed by atoms with Crippen molar-refractivity contribution in [2.24, 2.45) is 0 Å². The smallest absolute Gasteiger partial charge is 0.225 e. The summed E-state index contributed by atoms with van der Waals surface area (Å²) in [6.07, 6.45) is 4.67. The van der Waals surface area contributed by atoms with Crippen LogP contribution in [0.4, 0.5) is 5.82 Å². The summed E-state index contributed by atoms with van der Waals surface area (Å²) in [6.45, 7) is 2.69. The van der Waals surface area contributed by atoms with Crippen molar-refractivity contribution >= 4 is 44.9 Å². The van der Waals surface area contributed by atoms with Crippen molar-refractivity contribution in [3.05, 3.63) is 15.7 Å². The highest BCUT2D eigenvalue weighted by Gasteiger charge is 2.20. The maximum atomic E-state index is 10.9. The van der Waals surface area contributed by atoms with Gasteiger partial charge in [-0.3, -0.25) is 4.79 Å². The first-order valence-electron chi connectivity index (χ1n) is 7.11. The summed E-state index contributed by atoms with van der Waals surface area (Å²) in [5, 5.41) is 7.42. The predicted octanol–water partition coefficient (Wildman–Crippen LogP) is 2.77. The van der Waals surface area contributed by atoms with Gasteiger partial charge in [-0.1, -0.05) is 0 Å². The molecule has 0 atom stereocenters. The lowest BCUT2D eigenvalue weighted by atomic mass is 9.97. The quantitative estimate of drug-likeness (QED) is 0.670. The molecule has 5 nitrogen and oxygen atoms in total. The lowest BCUT2D eigenvalue weighted by molar-refractivity contribution is -0.118. The minimum atomic E-state index is -0.0319. The van der Waals surface area contributed by atoms with E-state index in [-0.39, 0.29) is 11.2 Å². The van der Waals surface area contributed by atoms with E-state index in [1.54, 1.807) is 11.3 Å². The molecule has 1 aliphatic rings. The number of nitrogens with one attached hydrogen (secondary N) is 2. The van der Waals surface area contributed by atoms with E-state index in [0.717, 1.165) is 28.9 Å². The van der Waals surface area contributed by atoms with Crippen LogP contribution in [0.3, 0.4) is 0 Å². The number of amides is 1. The van der Waals surface area contributed by atoms with Crippen LogP contribution in [0.25, 0.3) is 10.2 Å². The van der Waals surface area contributed by atoms with Crippen LogP contribution in [0.1, 0.15) is 30.2 Å². The average Bonchev–Trinajstić information content (AvgIpc) is 2.81. The molecule has 0 aromatic carbocycles. The minimum Gasteiger partial charge on any atom is -0.368 e. The van der Waals surface area contributed by atoms with Crippen LogP contribution in [0.15, 0.2) is 0 Å². The lowest BCUT2D eigenvalue weighted by Gasteiger charge is -2.12. The molecule has 2 aromatic heterocycles. The van der Waals surface area contributed by atoms with Gasteiger partial charge in [-0.2, -0.15) is 0 Å². The first-order valence-corrected chi connectivity index (χ1v) is 8.30. The summed E-state index contributed by atoms with van der Waals surface area (Å²) in [4.78, 5) is 22.0. The summed E-state index contributed by atoms with van der Waals surface area (Å²) in [6, 6.07) is 0. The molecule has 2 heterocycles. The number of rotatable bonds is 4. The maximum Gasteiger partial charge on any atom is 0.225 e. The Hall–Kier alpha value is -1.40. The highest BCUT2D eigenvalue weighted by atomic mass is 35.5. The summed E-state index contributed by atoms with van der Waals surface area (Å²) in [5.41, 5.74) is 1.37. The predicted molar refractivity (Wildman–Crippen MR) is 86.2 cm³/mol. The molecule has 1 aliphatic carbocycles. The lowest BCUT2D eigenvalue weighted by Crippen LogP contribution is -2.26. The van der Waals surface area contributed by atoms with Crippen LogP contribution < -0.4 is 10.6 Å². The van der Waals surface area contributed by atoms with Gasteiger partial charge in [0.15, 0.2) is 0 Å². The Morgan fingerprint density at radius 3 is 2.90 bits per heavy atom. The van der Waals surface area contributed by atoms with Crippen molar-refractivity contribution in [2.75, 3.05) is 18.4 Å². The highest BCUT2D eigenvalue weighted by Crippen LogP contribution is 2.38. The van der Waals surface area contributed by atoms with E-state index >= 15 is 0 Å². The number of fused-ring (bicyclic) bond motifs is 3. The average molecular weight is 325 g/mol. The number of halogens is 1. The van der Waals surface area contributed by atoms with Crippen LogP contribution in [0.5, 0.6) is 0 Å². The highest BCUT2D eigenvalue weighted by molar-refractivity contribution is 7.19. The zero-order valence-electron chi connectivity index (χ0n) is 11.8. The summed E-state index contributed by atoms with van der Waals surface area (Å²) in [5.74, 6) is 0.755. The van der Waals surface area contributed by atoms with Crippen LogP contribution in [0.2, 0.25) is 5.28 Å². The summed E-state index contributed by atoms with van der Waals surface area (Å²) >= 11 is 7.75. The van der Waals surface area contributed by atoms with E-state index in [1.165, 1.54) is 30.2 Å². The number of nitrogens with zero attached hydrogens (tertiary/aromatic N) is 2. The molecule has 3 rings (SSSR count). The molecule has 0 spiro atoms.